The Morgan fingerprint density at radius 2 is 1.85 bits per heavy atom. The summed E-state index contributed by atoms with van der Waals surface area (Å²) in [6.07, 6.45) is 1.04. The third kappa shape index (κ3) is 4.03. The summed E-state index contributed by atoms with van der Waals surface area (Å²) in [4.78, 5) is 26.0. The van der Waals surface area contributed by atoms with Gasteiger partial charge in [-0.05, 0) is 50.3 Å². The maximum atomic E-state index is 13.1. The van der Waals surface area contributed by atoms with Gasteiger partial charge in [0, 0.05) is 33.8 Å². The first-order chi connectivity index (χ1) is 12.6. The lowest BCUT2D eigenvalue weighted by Gasteiger charge is -2.39. The first-order valence-electron chi connectivity index (χ1n) is 9.29. The van der Waals surface area contributed by atoms with Gasteiger partial charge in [-0.2, -0.15) is 0 Å². The average Bonchev–Trinajstić information content (AvgIpc) is 2.52. The number of benzene rings is 1. The normalized spacial score (nSPS) is 21.9. The van der Waals surface area contributed by atoms with E-state index in [0.717, 1.165) is 27.9 Å². The van der Waals surface area contributed by atoms with Crippen LogP contribution in [-0.2, 0) is 14.3 Å². The molecule has 3 rings (SSSR count). The molecule has 0 bridgehead atoms. The third-order valence-corrected chi connectivity index (χ3v) is 5.53. The molecule has 0 amide bonds. The molecule has 1 atom stereocenters. The Balaban J connectivity index is 2.15. The fourth-order valence-electron chi connectivity index (χ4n) is 3.97. The summed E-state index contributed by atoms with van der Waals surface area (Å²) in [5.41, 5.74) is 3.76. The van der Waals surface area contributed by atoms with Crippen LogP contribution in [0, 0.1) is 5.41 Å². The molecule has 144 valence electrons. The monoisotopic (exact) mass is 431 g/mol. The van der Waals surface area contributed by atoms with E-state index < -0.39 is 5.92 Å². The lowest BCUT2D eigenvalue weighted by Crippen LogP contribution is -2.39. The van der Waals surface area contributed by atoms with Gasteiger partial charge in [0.25, 0.3) is 0 Å². The number of esters is 1. The Bertz CT molecular complexity index is 847. The molecular formula is C22H26BrNO3. The van der Waals surface area contributed by atoms with Crippen molar-refractivity contribution in [2.24, 2.45) is 5.41 Å². The van der Waals surface area contributed by atoms with Crippen molar-refractivity contribution in [3.63, 3.8) is 0 Å². The third-order valence-electron chi connectivity index (χ3n) is 5.01. The highest BCUT2D eigenvalue weighted by Crippen LogP contribution is 2.46. The van der Waals surface area contributed by atoms with Gasteiger partial charge in [0.05, 0.1) is 11.7 Å². The van der Waals surface area contributed by atoms with Crippen LogP contribution in [0.3, 0.4) is 0 Å². The minimum absolute atomic E-state index is 0.0938. The number of ether oxygens (including phenoxy) is 1. The van der Waals surface area contributed by atoms with Crippen LogP contribution in [0.15, 0.2) is 51.3 Å². The zero-order valence-corrected chi connectivity index (χ0v) is 18.1. The summed E-state index contributed by atoms with van der Waals surface area (Å²) in [7, 11) is 0. The largest absolute Gasteiger partial charge is 0.460 e. The maximum Gasteiger partial charge on any atom is 0.337 e. The van der Waals surface area contributed by atoms with Crippen molar-refractivity contribution in [2.75, 3.05) is 0 Å². The minimum atomic E-state index is -0.399. The van der Waals surface area contributed by atoms with Gasteiger partial charge in [-0.1, -0.05) is 41.9 Å². The number of rotatable bonds is 3. The van der Waals surface area contributed by atoms with Crippen LogP contribution in [0.25, 0.3) is 0 Å². The molecule has 0 radical (unpaired) electrons. The summed E-state index contributed by atoms with van der Waals surface area (Å²) in [5.74, 6) is -0.666. The van der Waals surface area contributed by atoms with Crippen LogP contribution >= 0.6 is 15.9 Å². The molecule has 1 aliphatic heterocycles. The van der Waals surface area contributed by atoms with Gasteiger partial charge in [0.1, 0.15) is 0 Å². The SMILES string of the molecule is CC1=C(C(=O)OC(C)C)[C@H](c2ccc(Br)cc2)C2=C(CC(C)(C)CC2=O)N1. The van der Waals surface area contributed by atoms with Crippen molar-refractivity contribution in [1.29, 1.82) is 0 Å². The number of allylic oxidation sites excluding steroid dienone is 3. The molecule has 1 aliphatic carbocycles. The fourth-order valence-corrected chi connectivity index (χ4v) is 4.24. The first-order valence-corrected chi connectivity index (χ1v) is 10.1. The maximum absolute atomic E-state index is 13.1. The zero-order chi connectivity index (χ0) is 19.9. The Morgan fingerprint density at radius 3 is 2.44 bits per heavy atom. The molecule has 0 spiro atoms. The topological polar surface area (TPSA) is 55.4 Å². The van der Waals surface area contributed by atoms with E-state index in [1.54, 1.807) is 0 Å². The number of hydrogen-bond acceptors (Lipinski definition) is 4. The number of nitrogens with one attached hydrogen (secondary N) is 1. The van der Waals surface area contributed by atoms with Gasteiger partial charge in [0.2, 0.25) is 0 Å². The zero-order valence-electron chi connectivity index (χ0n) is 16.5. The molecule has 0 aromatic heterocycles. The van der Waals surface area contributed by atoms with Crippen LogP contribution < -0.4 is 5.32 Å². The fraction of sp³-hybridized carbons (Fsp3) is 0.455. The first kappa shape index (κ1) is 19.9. The number of Topliss-reactive ketones (excluding diaryl/α,β-unsaturated/α-hetero) is 1. The second kappa shape index (κ2) is 7.27. The standard InChI is InChI=1S/C22H26BrNO3/c1-12(2)27-21(26)18-13(3)24-16-10-22(4,5)11-17(25)20(16)19(18)14-6-8-15(23)9-7-14/h6-9,12,19,24H,10-11H2,1-5H3/t19-/m0/s1. The summed E-state index contributed by atoms with van der Waals surface area (Å²) < 4.78 is 6.47. The molecule has 0 fully saturated rings. The average molecular weight is 432 g/mol. The lowest BCUT2D eigenvalue weighted by atomic mass is 9.68. The van der Waals surface area contributed by atoms with E-state index in [1.165, 1.54) is 0 Å². The van der Waals surface area contributed by atoms with Crippen molar-refractivity contribution < 1.29 is 14.3 Å². The van der Waals surface area contributed by atoms with Gasteiger partial charge in [0.15, 0.2) is 5.78 Å². The van der Waals surface area contributed by atoms with Gasteiger partial charge < -0.3 is 10.1 Å². The van der Waals surface area contributed by atoms with Crippen molar-refractivity contribution in [1.82, 2.24) is 5.32 Å². The number of carbonyl (C=O) groups is 2. The second-order valence-electron chi connectivity index (χ2n) is 8.44. The van der Waals surface area contributed by atoms with Crippen LogP contribution in [-0.4, -0.2) is 17.9 Å². The van der Waals surface area contributed by atoms with Crippen LogP contribution in [0.5, 0.6) is 0 Å². The van der Waals surface area contributed by atoms with Gasteiger partial charge in [-0.25, -0.2) is 4.79 Å². The van der Waals surface area contributed by atoms with Gasteiger partial charge in [-0.3, -0.25) is 4.79 Å². The van der Waals surface area contributed by atoms with Crippen LogP contribution in [0.1, 0.15) is 58.9 Å². The van der Waals surface area contributed by atoms with Crippen molar-refractivity contribution >= 4 is 27.7 Å². The lowest BCUT2D eigenvalue weighted by molar-refractivity contribution is -0.143. The molecule has 0 saturated carbocycles. The Morgan fingerprint density at radius 1 is 1.22 bits per heavy atom. The highest BCUT2D eigenvalue weighted by atomic mass is 79.9. The quantitative estimate of drug-likeness (QED) is 0.683. The summed E-state index contributed by atoms with van der Waals surface area (Å²) in [6, 6.07) is 7.81. The highest BCUT2D eigenvalue weighted by Gasteiger charge is 2.43. The van der Waals surface area contributed by atoms with E-state index in [1.807, 2.05) is 45.0 Å². The molecule has 5 heteroatoms. The Hall–Kier alpha value is -1.88. The van der Waals surface area contributed by atoms with E-state index in [0.29, 0.717) is 17.6 Å². The molecule has 27 heavy (non-hydrogen) atoms. The molecule has 0 saturated heterocycles. The Labute approximate surface area is 169 Å². The minimum Gasteiger partial charge on any atom is -0.460 e. The smallest absolute Gasteiger partial charge is 0.337 e. The molecule has 1 heterocycles. The number of halogens is 1. The molecule has 4 nitrogen and oxygen atoms in total. The number of carbonyl (C=O) groups excluding carboxylic acids is 2. The van der Waals surface area contributed by atoms with E-state index in [9.17, 15) is 9.59 Å². The number of dihydropyridines is 1. The molecule has 1 aromatic carbocycles. The highest BCUT2D eigenvalue weighted by molar-refractivity contribution is 9.10. The second-order valence-corrected chi connectivity index (χ2v) is 9.35. The van der Waals surface area contributed by atoms with E-state index >= 15 is 0 Å². The summed E-state index contributed by atoms with van der Waals surface area (Å²) in [6.45, 7) is 9.76. The van der Waals surface area contributed by atoms with Crippen LogP contribution in [0.2, 0.25) is 0 Å². The predicted molar refractivity (Wildman–Crippen MR) is 109 cm³/mol. The molecule has 1 N–H and O–H groups in total. The molecule has 1 aromatic rings. The van der Waals surface area contributed by atoms with E-state index in [2.05, 4.69) is 35.1 Å². The van der Waals surface area contributed by atoms with Crippen LogP contribution in [0.4, 0.5) is 0 Å². The van der Waals surface area contributed by atoms with E-state index in [-0.39, 0.29) is 23.3 Å². The molecular weight excluding hydrogens is 406 g/mol. The van der Waals surface area contributed by atoms with Crippen molar-refractivity contribution in [2.45, 2.75) is 59.5 Å². The molecule has 0 unspecified atom stereocenters. The summed E-state index contributed by atoms with van der Waals surface area (Å²) >= 11 is 3.46. The number of hydrogen-bond donors (Lipinski definition) is 1. The van der Waals surface area contributed by atoms with Gasteiger partial charge >= 0.3 is 5.97 Å². The van der Waals surface area contributed by atoms with Crippen molar-refractivity contribution in [3.8, 4) is 0 Å². The predicted octanol–water partition coefficient (Wildman–Crippen LogP) is 5.00. The van der Waals surface area contributed by atoms with Gasteiger partial charge in [-0.15, -0.1) is 0 Å². The van der Waals surface area contributed by atoms with E-state index in [4.69, 9.17) is 4.74 Å². The Kier molecular flexibility index (Phi) is 5.35. The molecule has 2 aliphatic rings. The van der Waals surface area contributed by atoms with Crippen molar-refractivity contribution in [3.05, 3.63) is 56.8 Å². The number of ketones is 1. The summed E-state index contributed by atoms with van der Waals surface area (Å²) in [5, 5.41) is 3.35.